The van der Waals surface area contributed by atoms with Crippen LogP contribution in [0.5, 0.6) is 0 Å². The molecule has 0 aliphatic carbocycles. The number of ether oxygens (including phenoxy) is 2. The van der Waals surface area contributed by atoms with E-state index in [-0.39, 0.29) is 25.6 Å². The minimum Gasteiger partial charge on any atom is -0.475 e. The van der Waals surface area contributed by atoms with E-state index in [2.05, 4.69) is 55.2 Å². The Labute approximate surface area is 217 Å². The van der Waals surface area contributed by atoms with Gasteiger partial charge in [-0.3, -0.25) is 0 Å². The van der Waals surface area contributed by atoms with Gasteiger partial charge in [0.15, 0.2) is 0 Å². The second-order valence-electron chi connectivity index (χ2n) is 9.13. The Bertz CT molecular complexity index is 1460. The van der Waals surface area contributed by atoms with Crippen molar-refractivity contribution in [2.45, 2.75) is 25.9 Å². The molecule has 2 atom stereocenters. The summed E-state index contributed by atoms with van der Waals surface area (Å²) in [6.45, 7) is 5.38. The number of nitrogens with one attached hydrogen (secondary N) is 1. The van der Waals surface area contributed by atoms with Gasteiger partial charge in [-0.25, -0.2) is 9.98 Å². The summed E-state index contributed by atoms with van der Waals surface area (Å²) in [4.78, 5) is 13.2. The van der Waals surface area contributed by atoms with Crippen LogP contribution in [-0.2, 0) is 9.47 Å². The number of aliphatic imine (C=N–C) groups is 2. The Hall–Kier alpha value is -3.77. The molecule has 1 aromatic heterocycles. The fraction of sp³-hybridized carbons (Fsp3) is 0.200. The summed E-state index contributed by atoms with van der Waals surface area (Å²) in [5.41, 5.74) is 4.81. The molecule has 6 heteroatoms. The van der Waals surface area contributed by atoms with Gasteiger partial charge in [0.1, 0.15) is 25.3 Å². The van der Waals surface area contributed by atoms with Gasteiger partial charge >= 0.3 is 0 Å². The van der Waals surface area contributed by atoms with E-state index in [4.69, 9.17) is 19.5 Å². The van der Waals surface area contributed by atoms with Crippen LogP contribution >= 0.6 is 13.5 Å². The molecule has 2 aliphatic rings. The third-order valence-corrected chi connectivity index (χ3v) is 6.73. The van der Waals surface area contributed by atoms with Crippen LogP contribution in [0.15, 0.2) is 82.8 Å². The molecule has 0 radical (unpaired) electrons. The van der Waals surface area contributed by atoms with Crippen molar-refractivity contribution in [2.24, 2.45) is 9.98 Å². The zero-order valence-electron chi connectivity index (χ0n) is 20.4. The lowest BCUT2D eigenvalue weighted by molar-refractivity contribution is 0.323. The smallest absolute Gasteiger partial charge is 0.211 e. The quantitative estimate of drug-likeness (QED) is 0.442. The van der Waals surface area contributed by atoms with Crippen molar-refractivity contribution in [1.82, 2.24) is 4.98 Å². The van der Waals surface area contributed by atoms with E-state index >= 15 is 0 Å². The molecule has 1 unspecified atom stereocenters. The van der Waals surface area contributed by atoms with Crippen molar-refractivity contribution in [1.29, 1.82) is 0 Å². The average Bonchev–Trinajstić information content (AvgIpc) is 3.62. The van der Waals surface area contributed by atoms with Gasteiger partial charge in [-0.15, -0.1) is 0 Å². The predicted molar refractivity (Wildman–Crippen MR) is 151 cm³/mol. The molecule has 5 nitrogen and oxygen atoms in total. The van der Waals surface area contributed by atoms with Gasteiger partial charge in [0.25, 0.3) is 0 Å². The molecule has 0 fully saturated rings. The molecular weight excluding hydrogens is 466 g/mol. The Morgan fingerprint density at radius 2 is 1.11 bits per heavy atom. The number of benzene rings is 3. The standard InChI is InChI=1S/C30H27N3O2.H2S/c1-19-13-23-24(14-20(19)2)26(16-30-33-28(18-35-30)22-11-7-4-8-12-22)31-25(23)15-29-32-27(17-34-29)21-9-5-3-6-10-21;/h3-16,27-28,31H,17-18H2,1-2H3;1H2/b25-15-,26-16-;/t27-,28?;/m1./s1. The Balaban J connectivity index is 0.00000267. The zero-order valence-corrected chi connectivity index (χ0v) is 21.4. The van der Waals surface area contributed by atoms with E-state index in [0.29, 0.717) is 25.0 Å². The molecule has 2 aliphatic heterocycles. The lowest BCUT2D eigenvalue weighted by Gasteiger charge is -2.03. The molecule has 0 spiro atoms. The average molecular weight is 496 g/mol. The van der Waals surface area contributed by atoms with E-state index in [1.807, 2.05) is 48.6 Å². The van der Waals surface area contributed by atoms with Crippen LogP contribution in [0, 0.1) is 13.8 Å². The summed E-state index contributed by atoms with van der Waals surface area (Å²) in [6, 6.07) is 25.0. The topological polar surface area (TPSA) is 59.0 Å². The van der Waals surface area contributed by atoms with E-state index in [1.54, 1.807) is 0 Å². The first-order chi connectivity index (χ1) is 17.1. The van der Waals surface area contributed by atoms with Crippen LogP contribution < -0.4 is 10.7 Å². The highest BCUT2D eigenvalue weighted by molar-refractivity contribution is 7.59. The van der Waals surface area contributed by atoms with Gasteiger partial charge in [-0.05, 0) is 48.2 Å². The molecule has 36 heavy (non-hydrogen) atoms. The Morgan fingerprint density at radius 1 is 0.694 bits per heavy atom. The monoisotopic (exact) mass is 495 g/mol. The minimum atomic E-state index is 0. The molecule has 6 rings (SSSR count). The third kappa shape index (κ3) is 4.69. The van der Waals surface area contributed by atoms with Crippen molar-refractivity contribution in [2.75, 3.05) is 13.2 Å². The van der Waals surface area contributed by atoms with Gasteiger partial charge < -0.3 is 14.5 Å². The van der Waals surface area contributed by atoms with Crippen LogP contribution in [0.3, 0.4) is 0 Å². The molecule has 1 N–H and O–H groups in total. The first kappa shape index (κ1) is 23.9. The second-order valence-corrected chi connectivity index (χ2v) is 9.13. The number of rotatable bonds is 4. The predicted octanol–water partition coefficient (Wildman–Crippen LogP) is 4.80. The fourth-order valence-electron chi connectivity index (χ4n) is 4.65. The maximum atomic E-state index is 5.95. The Morgan fingerprint density at radius 3 is 1.53 bits per heavy atom. The highest BCUT2D eigenvalue weighted by Crippen LogP contribution is 2.24. The molecule has 0 saturated heterocycles. The highest BCUT2D eigenvalue weighted by Gasteiger charge is 2.21. The first-order valence-electron chi connectivity index (χ1n) is 12.0. The van der Waals surface area contributed by atoms with Gasteiger partial charge in [0.2, 0.25) is 11.8 Å². The normalized spacial score (nSPS) is 20.1. The number of aromatic nitrogens is 1. The van der Waals surface area contributed by atoms with Crippen LogP contribution in [0.4, 0.5) is 0 Å². The maximum Gasteiger partial charge on any atom is 0.211 e. The fourth-order valence-corrected chi connectivity index (χ4v) is 4.65. The van der Waals surface area contributed by atoms with Crippen molar-refractivity contribution in [3.63, 3.8) is 0 Å². The molecule has 4 aromatic rings. The van der Waals surface area contributed by atoms with Crippen LogP contribution in [0.1, 0.15) is 34.3 Å². The molecule has 0 saturated carbocycles. The first-order valence-corrected chi connectivity index (χ1v) is 12.0. The number of nitrogens with zero attached hydrogens (tertiary/aromatic N) is 2. The van der Waals surface area contributed by atoms with Crippen molar-refractivity contribution in [3.05, 3.63) is 106 Å². The number of hydrogen-bond donors (Lipinski definition) is 1. The van der Waals surface area contributed by atoms with E-state index in [9.17, 15) is 0 Å². The van der Waals surface area contributed by atoms with E-state index in [1.165, 1.54) is 11.1 Å². The minimum absolute atomic E-state index is 0. The summed E-state index contributed by atoms with van der Waals surface area (Å²) < 4.78 is 11.9. The van der Waals surface area contributed by atoms with E-state index in [0.717, 1.165) is 32.6 Å². The summed E-state index contributed by atoms with van der Waals surface area (Å²) in [5, 5.41) is 4.21. The molecule has 3 aromatic carbocycles. The number of H-pyrrole nitrogens is 1. The molecule has 3 heterocycles. The van der Waals surface area contributed by atoms with Crippen molar-refractivity contribution >= 4 is 48.2 Å². The maximum absolute atomic E-state index is 5.95. The summed E-state index contributed by atoms with van der Waals surface area (Å²) in [7, 11) is 0. The zero-order chi connectivity index (χ0) is 23.8. The number of aryl methyl sites for hydroxylation is 2. The molecule has 182 valence electrons. The molecular formula is C30H29N3O2S. The summed E-state index contributed by atoms with van der Waals surface area (Å²) >= 11 is 0. The third-order valence-electron chi connectivity index (χ3n) is 6.73. The van der Waals surface area contributed by atoms with Crippen molar-refractivity contribution < 1.29 is 9.47 Å². The van der Waals surface area contributed by atoms with Crippen molar-refractivity contribution in [3.8, 4) is 0 Å². The SMILES string of the molecule is Cc1cc2/c(=C/C3=NC(c4ccccc4)CO3)[nH]/c(=C\C3=N[C@@H](c4ccccc4)CO3)c2cc1C.S. The molecule has 0 amide bonds. The highest BCUT2D eigenvalue weighted by atomic mass is 32.1. The number of hydrogen-bond acceptors (Lipinski definition) is 4. The lowest BCUT2D eigenvalue weighted by atomic mass is 10.0. The lowest BCUT2D eigenvalue weighted by Crippen LogP contribution is -2.14. The summed E-state index contributed by atoms with van der Waals surface area (Å²) in [6.07, 6.45) is 4.00. The number of aromatic amines is 1. The summed E-state index contributed by atoms with van der Waals surface area (Å²) in [5.74, 6) is 1.29. The van der Waals surface area contributed by atoms with Crippen LogP contribution in [-0.4, -0.2) is 30.0 Å². The molecule has 0 bridgehead atoms. The second kappa shape index (κ2) is 10.1. The van der Waals surface area contributed by atoms with Gasteiger partial charge in [0, 0.05) is 22.9 Å². The van der Waals surface area contributed by atoms with Gasteiger partial charge in [-0.1, -0.05) is 60.7 Å². The van der Waals surface area contributed by atoms with Crippen LogP contribution in [0.2, 0.25) is 0 Å². The number of fused-ring (bicyclic) bond motifs is 1. The largest absolute Gasteiger partial charge is 0.475 e. The van der Waals surface area contributed by atoms with E-state index < -0.39 is 0 Å². The van der Waals surface area contributed by atoms with Gasteiger partial charge in [-0.2, -0.15) is 13.5 Å². The van der Waals surface area contributed by atoms with Gasteiger partial charge in [0.05, 0.1) is 10.7 Å². The van der Waals surface area contributed by atoms with Crippen LogP contribution in [0.25, 0.3) is 22.9 Å². The Kier molecular flexibility index (Phi) is 6.70.